The van der Waals surface area contributed by atoms with E-state index in [-0.39, 0.29) is 11.8 Å². The highest BCUT2D eigenvalue weighted by Crippen LogP contribution is 2.48. The van der Waals surface area contributed by atoms with Crippen LogP contribution in [0.25, 0.3) is 0 Å². The van der Waals surface area contributed by atoms with E-state index >= 15 is 0 Å². The van der Waals surface area contributed by atoms with Crippen LogP contribution in [0.1, 0.15) is 45.7 Å². The maximum absolute atomic E-state index is 12.8. The molecule has 1 aromatic rings. The van der Waals surface area contributed by atoms with Gasteiger partial charge in [0, 0.05) is 11.5 Å². The second-order valence-electron chi connectivity index (χ2n) is 6.96. The number of carboxylic acid groups (broad SMARTS) is 1. The molecular formula is C18H24N2O4. The summed E-state index contributed by atoms with van der Waals surface area (Å²) >= 11 is 0. The molecule has 6 nitrogen and oxygen atoms in total. The lowest BCUT2D eigenvalue weighted by Gasteiger charge is -2.49. The minimum Gasteiger partial charge on any atom is -0.481 e. The van der Waals surface area contributed by atoms with Crippen molar-refractivity contribution in [3.05, 3.63) is 35.4 Å². The molecule has 1 aromatic carbocycles. The van der Waals surface area contributed by atoms with Crippen LogP contribution in [0.15, 0.2) is 29.4 Å². The number of hydrogen-bond donors (Lipinski definition) is 1. The molecule has 1 N–H and O–H groups in total. The minimum absolute atomic E-state index is 0.254. The quantitative estimate of drug-likeness (QED) is 0.923. The van der Waals surface area contributed by atoms with Gasteiger partial charge in [-0.15, -0.1) is 5.10 Å². The van der Waals surface area contributed by atoms with Crippen LogP contribution in [0.2, 0.25) is 0 Å². The van der Waals surface area contributed by atoms with Crippen molar-refractivity contribution in [2.75, 3.05) is 7.11 Å². The summed E-state index contributed by atoms with van der Waals surface area (Å²) in [6.07, 6.45) is 0. The predicted octanol–water partition coefficient (Wildman–Crippen LogP) is 2.82. The molecule has 1 aliphatic rings. The van der Waals surface area contributed by atoms with E-state index in [4.69, 9.17) is 4.74 Å². The number of aliphatic carboxylic acids is 1. The Hall–Kier alpha value is -2.37. The van der Waals surface area contributed by atoms with Gasteiger partial charge in [0.05, 0.1) is 12.5 Å². The summed E-state index contributed by atoms with van der Waals surface area (Å²) in [5.74, 6) is -1.28. The number of amides is 1. The van der Waals surface area contributed by atoms with Crippen LogP contribution in [0.5, 0.6) is 0 Å². The number of carboxylic acids is 1. The third kappa shape index (κ3) is 2.37. The first kappa shape index (κ1) is 18.0. The monoisotopic (exact) mass is 332 g/mol. The third-order valence-corrected chi connectivity index (χ3v) is 4.94. The molecule has 0 bridgehead atoms. The Kier molecular flexibility index (Phi) is 4.44. The van der Waals surface area contributed by atoms with Crippen molar-refractivity contribution in [3.63, 3.8) is 0 Å². The van der Waals surface area contributed by atoms with Gasteiger partial charge < -0.3 is 9.84 Å². The second-order valence-corrected chi connectivity index (χ2v) is 6.96. The fourth-order valence-corrected chi connectivity index (χ4v) is 2.93. The summed E-state index contributed by atoms with van der Waals surface area (Å²) in [6, 6.07) is 7.31. The number of methoxy groups -OCH3 is 1. The summed E-state index contributed by atoms with van der Waals surface area (Å²) in [7, 11) is 1.48. The lowest BCUT2D eigenvalue weighted by atomic mass is 9.66. The number of benzene rings is 1. The first-order chi connectivity index (χ1) is 11.1. The highest BCUT2D eigenvalue weighted by Gasteiger charge is 2.57. The van der Waals surface area contributed by atoms with Gasteiger partial charge in [0.2, 0.25) is 11.8 Å². The van der Waals surface area contributed by atoms with Crippen LogP contribution < -0.4 is 0 Å². The van der Waals surface area contributed by atoms with E-state index in [1.54, 1.807) is 34.6 Å². The average molecular weight is 332 g/mol. The Balaban J connectivity index is 2.83. The molecule has 0 aromatic heterocycles. The zero-order valence-electron chi connectivity index (χ0n) is 15.0. The number of fused-ring (bicyclic) bond motifs is 1. The maximum atomic E-state index is 12.8. The SMILES string of the molecule is COC1=NN(C(=O)C(C)C)C(C)(C(C)(C)C(=O)O)c2ccccc21. The molecule has 0 saturated carbocycles. The van der Waals surface area contributed by atoms with Gasteiger partial charge in [-0.2, -0.15) is 0 Å². The summed E-state index contributed by atoms with van der Waals surface area (Å²) in [5.41, 5.74) is -1.02. The Bertz CT molecular complexity index is 709. The van der Waals surface area contributed by atoms with Crippen molar-refractivity contribution >= 4 is 17.8 Å². The number of ether oxygens (including phenoxy) is 1. The summed E-state index contributed by atoms with van der Waals surface area (Å²) in [6.45, 7) is 8.49. The molecule has 130 valence electrons. The molecule has 1 unspecified atom stereocenters. The summed E-state index contributed by atoms with van der Waals surface area (Å²) in [5, 5.41) is 15.5. The van der Waals surface area contributed by atoms with Crippen molar-refractivity contribution in [2.24, 2.45) is 16.4 Å². The summed E-state index contributed by atoms with van der Waals surface area (Å²) in [4.78, 5) is 24.8. The maximum Gasteiger partial charge on any atom is 0.311 e. The first-order valence-electron chi connectivity index (χ1n) is 7.89. The van der Waals surface area contributed by atoms with Crippen molar-refractivity contribution in [1.29, 1.82) is 0 Å². The Morgan fingerprint density at radius 2 is 1.88 bits per heavy atom. The van der Waals surface area contributed by atoms with E-state index in [9.17, 15) is 14.7 Å². The molecule has 6 heteroatoms. The predicted molar refractivity (Wildman–Crippen MR) is 90.4 cm³/mol. The number of hydrazone groups is 1. The first-order valence-corrected chi connectivity index (χ1v) is 7.89. The topological polar surface area (TPSA) is 79.2 Å². The zero-order chi connectivity index (χ0) is 18.3. The number of nitrogens with zero attached hydrogens (tertiary/aromatic N) is 2. The molecule has 0 fully saturated rings. The fraction of sp³-hybridized carbons (Fsp3) is 0.500. The molecule has 0 aliphatic carbocycles. The van der Waals surface area contributed by atoms with E-state index in [0.29, 0.717) is 17.0 Å². The molecule has 2 rings (SSSR count). The van der Waals surface area contributed by atoms with Crippen LogP contribution in [-0.4, -0.2) is 35.0 Å². The Morgan fingerprint density at radius 3 is 2.38 bits per heavy atom. The molecule has 1 amide bonds. The van der Waals surface area contributed by atoms with E-state index in [0.717, 1.165) is 0 Å². The second kappa shape index (κ2) is 5.92. The Labute approximate surface area is 142 Å². The van der Waals surface area contributed by atoms with Gasteiger partial charge in [0.15, 0.2) is 0 Å². The van der Waals surface area contributed by atoms with Crippen LogP contribution in [-0.2, 0) is 19.9 Å². The average Bonchev–Trinajstić information content (AvgIpc) is 2.54. The van der Waals surface area contributed by atoms with Crippen molar-refractivity contribution in [1.82, 2.24) is 5.01 Å². The van der Waals surface area contributed by atoms with E-state index in [1.807, 2.05) is 24.3 Å². The largest absolute Gasteiger partial charge is 0.481 e. The van der Waals surface area contributed by atoms with Gasteiger partial charge in [-0.3, -0.25) is 9.59 Å². The lowest BCUT2D eigenvalue weighted by Crippen LogP contribution is -2.59. The standard InChI is InChI=1S/C18H24N2O4/c1-11(2)15(21)20-18(5,17(3,4)16(22)23)13-10-8-7-9-12(13)14(19-20)24-6/h7-11H,1-6H3,(H,22,23). The number of rotatable bonds is 3. The molecule has 0 radical (unpaired) electrons. The smallest absolute Gasteiger partial charge is 0.311 e. The normalized spacial score (nSPS) is 20.5. The molecule has 0 spiro atoms. The van der Waals surface area contributed by atoms with Gasteiger partial charge in [0.1, 0.15) is 5.54 Å². The number of hydrogen-bond acceptors (Lipinski definition) is 4. The number of carbonyl (C=O) groups excluding carboxylic acids is 1. The zero-order valence-corrected chi connectivity index (χ0v) is 15.0. The molecule has 0 saturated heterocycles. The summed E-state index contributed by atoms with van der Waals surface area (Å²) < 4.78 is 5.35. The van der Waals surface area contributed by atoms with Crippen LogP contribution >= 0.6 is 0 Å². The highest BCUT2D eigenvalue weighted by atomic mass is 16.5. The molecule has 24 heavy (non-hydrogen) atoms. The van der Waals surface area contributed by atoms with Gasteiger partial charge in [0.25, 0.3) is 0 Å². The van der Waals surface area contributed by atoms with Gasteiger partial charge in [-0.25, -0.2) is 5.01 Å². The van der Waals surface area contributed by atoms with Gasteiger partial charge >= 0.3 is 5.97 Å². The van der Waals surface area contributed by atoms with E-state index in [2.05, 4.69) is 5.10 Å². The molecule has 1 aliphatic heterocycles. The van der Waals surface area contributed by atoms with Crippen LogP contribution in [0.4, 0.5) is 0 Å². The van der Waals surface area contributed by atoms with Crippen molar-refractivity contribution in [3.8, 4) is 0 Å². The van der Waals surface area contributed by atoms with Gasteiger partial charge in [-0.05, 0) is 32.4 Å². The third-order valence-electron chi connectivity index (χ3n) is 4.94. The van der Waals surface area contributed by atoms with Crippen LogP contribution in [0, 0.1) is 11.3 Å². The molecule has 1 atom stereocenters. The highest BCUT2D eigenvalue weighted by molar-refractivity contribution is 5.99. The minimum atomic E-state index is -1.27. The van der Waals surface area contributed by atoms with Crippen molar-refractivity contribution < 1.29 is 19.4 Å². The molecular weight excluding hydrogens is 308 g/mol. The van der Waals surface area contributed by atoms with E-state index < -0.39 is 16.9 Å². The molecule has 1 heterocycles. The fourth-order valence-electron chi connectivity index (χ4n) is 2.93. The Morgan fingerprint density at radius 1 is 1.29 bits per heavy atom. The lowest BCUT2D eigenvalue weighted by molar-refractivity contribution is -0.164. The van der Waals surface area contributed by atoms with Crippen molar-refractivity contribution in [2.45, 2.75) is 40.2 Å². The van der Waals surface area contributed by atoms with Gasteiger partial charge in [-0.1, -0.05) is 32.0 Å². The van der Waals surface area contributed by atoms with E-state index in [1.165, 1.54) is 12.1 Å². The van der Waals surface area contributed by atoms with Crippen LogP contribution in [0.3, 0.4) is 0 Å². The number of carbonyl (C=O) groups is 2.